The van der Waals surface area contributed by atoms with Gasteiger partial charge in [-0.25, -0.2) is 12.7 Å². The summed E-state index contributed by atoms with van der Waals surface area (Å²) < 4.78 is 25.6. The highest BCUT2D eigenvalue weighted by atomic mass is 79.9. The van der Waals surface area contributed by atoms with Crippen molar-refractivity contribution in [1.29, 1.82) is 0 Å². The van der Waals surface area contributed by atoms with E-state index in [4.69, 9.17) is 0 Å². The summed E-state index contributed by atoms with van der Waals surface area (Å²) in [6.07, 6.45) is 3.14. The van der Waals surface area contributed by atoms with Crippen LogP contribution in [0.25, 0.3) is 0 Å². The van der Waals surface area contributed by atoms with Crippen molar-refractivity contribution in [2.24, 2.45) is 5.92 Å². The number of aliphatic hydroxyl groups is 1. The fourth-order valence-corrected chi connectivity index (χ4v) is 4.05. The monoisotopic (exact) mass is 361 g/mol. The average molecular weight is 362 g/mol. The Morgan fingerprint density at radius 2 is 2.25 bits per heavy atom. The number of halogens is 1. The molecule has 2 rings (SSSR count). The zero-order valence-corrected chi connectivity index (χ0v) is 13.9. The van der Waals surface area contributed by atoms with Gasteiger partial charge in [-0.15, -0.1) is 0 Å². The van der Waals surface area contributed by atoms with Gasteiger partial charge in [0.25, 0.3) is 0 Å². The van der Waals surface area contributed by atoms with Crippen LogP contribution in [0.4, 0.5) is 0 Å². The van der Waals surface area contributed by atoms with Crippen LogP contribution in [0.5, 0.6) is 0 Å². The van der Waals surface area contributed by atoms with E-state index >= 15 is 0 Å². The van der Waals surface area contributed by atoms with E-state index in [0.29, 0.717) is 19.5 Å². The van der Waals surface area contributed by atoms with E-state index in [1.54, 1.807) is 0 Å². The van der Waals surface area contributed by atoms with Crippen LogP contribution in [0.15, 0.2) is 28.7 Å². The van der Waals surface area contributed by atoms with Crippen molar-refractivity contribution in [1.82, 2.24) is 4.31 Å². The highest BCUT2D eigenvalue weighted by Gasteiger charge is 2.27. The molecule has 1 aliphatic heterocycles. The van der Waals surface area contributed by atoms with Gasteiger partial charge in [0, 0.05) is 17.6 Å². The van der Waals surface area contributed by atoms with Gasteiger partial charge in [-0.1, -0.05) is 28.1 Å². The summed E-state index contributed by atoms with van der Waals surface area (Å²) in [6, 6.07) is 7.61. The van der Waals surface area contributed by atoms with Crippen molar-refractivity contribution in [3.05, 3.63) is 34.3 Å². The first-order valence-electron chi connectivity index (χ1n) is 6.75. The lowest BCUT2D eigenvalue weighted by Gasteiger charge is -2.32. The normalized spacial score (nSPS) is 22.6. The molecule has 0 bridgehead atoms. The van der Waals surface area contributed by atoms with Crippen molar-refractivity contribution in [2.75, 3.05) is 19.3 Å². The molecule has 1 aliphatic rings. The second kappa shape index (κ2) is 6.56. The van der Waals surface area contributed by atoms with Crippen molar-refractivity contribution in [3.63, 3.8) is 0 Å². The Morgan fingerprint density at radius 3 is 2.90 bits per heavy atom. The maximum atomic E-state index is 11.6. The Kier molecular flexibility index (Phi) is 5.23. The molecule has 1 N–H and O–H groups in total. The molecule has 0 aliphatic carbocycles. The summed E-state index contributed by atoms with van der Waals surface area (Å²) in [4.78, 5) is 0. The molecule has 1 aromatic rings. The minimum atomic E-state index is -3.12. The van der Waals surface area contributed by atoms with Gasteiger partial charge in [0.05, 0.1) is 12.4 Å². The lowest BCUT2D eigenvalue weighted by Crippen LogP contribution is -2.39. The molecule has 1 aromatic carbocycles. The Morgan fingerprint density at radius 1 is 1.50 bits per heavy atom. The standard InChI is InChI=1S/C14H20BrNO3S/c1-20(18,19)16-7-3-4-11(10-16)8-14(17)12-5-2-6-13(15)9-12/h2,5-6,9,11,14,17H,3-4,7-8,10H2,1H3. The van der Waals surface area contributed by atoms with E-state index in [-0.39, 0.29) is 5.92 Å². The Hall–Kier alpha value is -0.430. The quantitative estimate of drug-likeness (QED) is 0.896. The Bertz CT molecular complexity index is 561. The predicted octanol–water partition coefficient (Wildman–Crippen LogP) is 2.54. The van der Waals surface area contributed by atoms with Gasteiger partial charge >= 0.3 is 0 Å². The van der Waals surface area contributed by atoms with Gasteiger partial charge < -0.3 is 5.11 Å². The topological polar surface area (TPSA) is 57.6 Å². The number of piperidine rings is 1. The van der Waals surface area contributed by atoms with E-state index in [1.165, 1.54) is 10.6 Å². The molecule has 0 spiro atoms. The zero-order valence-electron chi connectivity index (χ0n) is 11.5. The van der Waals surface area contributed by atoms with Gasteiger partial charge in [0.2, 0.25) is 10.0 Å². The smallest absolute Gasteiger partial charge is 0.211 e. The second-order valence-corrected chi connectivity index (χ2v) is 8.33. The molecule has 0 radical (unpaired) electrons. The first kappa shape index (κ1) is 15.9. The largest absolute Gasteiger partial charge is 0.388 e. The number of aliphatic hydroxyl groups excluding tert-OH is 1. The maximum Gasteiger partial charge on any atom is 0.211 e. The molecule has 1 saturated heterocycles. The summed E-state index contributed by atoms with van der Waals surface area (Å²) in [5, 5.41) is 10.3. The molecule has 2 unspecified atom stereocenters. The lowest BCUT2D eigenvalue weighted by molar-refractivity contribution is 0.123. The summed E-state index contributed by atoms with van der Waals surface area (Å²) in [7, 11) is -3.12. The van der Waals surface area contributed by atoms with Gasteiger partial charge in [0.1, 0.15) is 0 Å². The fraction of sp³-hybridized carbons (Fsp3) is 0.571. The SMILES string of the molecule is CS(=O)(=O)N1CCCC(CC(O)c2cccc(Br)c2)C1. The number of rotatable bonds is 4. The number of benzene rings is 1. The summed E-state index contributed by atoms with van der Waals surface area (Å²) >= 11 is 3.39. The highest BCUT2D eigenvalue weighted by molar-refractivity contribution is 9.10. The van der Waals surface area contributed by atoms with E-state index in [2.05, 4.69) is 15.9 Å². The number of sulfonamides is 1. The van der Waals surface area contributed by atoms with Gasteiger partial charge in [0.15, 0.2) is 0 Å². The highest BCUT2D eigenvalue weighted by Crippen LogP contribution is 2.29. The number of hydrogen-bond donors (Lipinski definition) is 1. The number of hydrogen-bond acceptors (Lipinski definition) is 3. The molecule has 0 saturated carbocycles. The van der Waals surface area contributed by atoms with Crippen LogP contribution in [0.3, 0.4) is 0 Å². The molecule has 112 valence electrons. The van der Waals surface area contributed by atoms with Crippen molar-refractivity contribution in [2.45, 2.75) is 25.4 Å². The summed E-state index contributed by atoms with van der Waals surface area (Å²) in [6.45, 7) is 1.12. The maximum absolute atomic E-state index is 11.6. The summed E-state index contributed by atoms with van der Waals surface area (Å²) in [5.74, 6) is 0.215. The van der Waals surface area contributed by atoms with Crippen molar-refractivity contribution >= 4 is 26.0 Å². The van der Waals surface area contributed by atoms with Crippen molar-refractivity contribution in [3.8, 4) is 0 Å². The predicted molar refractivity (Wildman–Crippen MR) is 82.9 cm³/mol. The molecular weight excluding hydrogens is 342 g/mol. The van der Waals surface area contributed by atoms with Crippen LogP contribution in [0.1, 0.15) is 30.9 Å². The first-order chi connectivity index (χ1) is 9.36. The average Bonchev–Trinajstić information content (AvgIpc) is 2.38. The third-order valence-electron chi connectivity index (χ3n) is 3.74. The molecule has 6 heteroatoms. The first-order valence-corrected chi connectivity index (χ1v) is 9.39. The van der Waals surface area contributed by atoms with Gasteiger partial charge in [-0.2, -0.15) is 0 Å². The molecule has 4 nitrogen and oxygen atoms in total. The van der Waals surface area contributed by atoms with Crippen molar-refractivity contribution < 1.29 is 13.5 Å². The third-order valence-corrected chi connectivity index (χ3v) is 5.50. The fourth-order valence-electron chi connectivity index (χ4n) is 2.69. The molecule has 0 amide bonds. The molecule has 1 heterocycles. The van der Waals surface area contributed by atoms with E-state index in [1.807, 2.05) is 24.3 Å². The third kappa shape index (κ3) is 4.28. The molecule has 1 fully saturated rings. The van der Waals surface area contributed by atoms with E-state index in [9.17, 15) is 13.5 Å². The van der Waals surface area contributed by atoms with E-state index in [0.717, 1.165) is 22.9 Å². The zero-order chi connectivity index (χ0) is 14.8. The Balaban J connectivity index is 1.99. The second-order valence-electron chi connectivity index (χ2n) is 5.44. The molecule has 0 aromatic heterocycles. The Labute approximate surface area is 129 Å². The number of nitrogens with zero attached hydrogens (tertiary/aromatic N) is 1. The summed E-state index contributed by atoms with van der Waals surface area (Å²) in [5.41, 5.74) is 0.871. The van der Waals surface area contributed by atoms with Crippen LogP contribution >= 0.6 is 15.9 Å². The minimum Gasteiger partial charge on any atom is -0.388 e. The van der Waals surface area contributed by atoms with Crippen LogP contribution in [0, 0.1) is 5.92 Å². The van der Waals surface area contributed by atoms with Crippen LogP contribution < -0.4 is 0 Å². The molecule has 20 heavy (non-hydrogen) atoms. The van der Waals surface area contributed by atoms with Gasteiger partial charge in [-0.05, 0) is 42.9 Å². The van der Waals surface area contributed by atoms with Crippen LogP contribution in [0.2, 0.25) is 0 Å². The van der Waals surface area contributed by atoms with Crippen LogP contribution in [-0.2, 0) is 10.0 Å². The minimum absolute atomic E-state index is 0.215. The van der Waals surface area contributed by atoms with E-state index < -0.39 is 16.1 Å². The van der Waals surface area contributed by atoms with Crippen LogP contribution in [-0.4, -0.2) is 37.2 Å². The lowest BCUT2D eigenvalue weighted by atomic mass is 9.91. The molecule has 2 atom stereocenters. The molecular formula is C14H20BrNO3S. The van der Waals surface area contributed by atoms with Gasteiger partial charge in [-0.3, -0.25) is 0 Å².